The number of aliphatic hydroxyl groups is 1. The van der Waals surface area contributed by atoms with Crippen molar-refractivity contribution in [1.29, 1.82) is 0 Å². The number of aliphatic hydroxyl groups excluding tert-OH is 1. The number of esters is 3. The number of benzene rings is 4. The number of hydrogen-bond acceptors (Lipinski definition) is 12. The maximum atomic E-state index is 13.4. The molecule has 288 valence electrons. The van der Waals surface area contributed by atoms with Crippen LogP contribution in [0, 0.1) is 0 Å². The van der Waals surface area contributed by atoms with Crippen molar-refractivity contribution in [3.63, 3.8) is 0 Å². The lowest BCUT2D eigenvalue weighted by molar-refractivity contribution is -0.265. The minimum Gasteiger partial charge on any atom is -0.460 e. The van der Waals surface area contributed by atoms with Gasteiger partial charge in [0.1, 0.15) is 25.4 Å². The van der Waals surface area contributed by atoms with Gasteiger partial charge in [-0.2, -0.15) is 0 Å². The van der Waals surface area contributed by atoms with E-state index in [1.54, 1.807) is 36.4 Å². The van der Waals surface area contributed by atoms with Crippen molar-refractivity contribution >= 4 is 24.0 Å². The summed E-state index contributed by atoms with van der Waals surface area (Å²) in [5, 5.41) is 16.7. The summed E-state index contributed by atoms with van der Waals surface area (Å²) in [5.74, 6) is -2.88. The van der Waals surface area contributed by atoms with Gasteiger partial charge in [0.05, 0.1) is 24.3 Å². The molecular formula is C41H38N4O11. The molecule has 1 fully saturated rings. The van der Waals surface area contributed by atoms with Crippen molar-refractivity contribution in [2.75, 3.05) is 26.4 Å². The first kappa shape index (κ1) is 39.2. The predicted molar refractivity (Wildman–Crippen MR) is 199 cm³/mol. The molecule has 0 spiro atoms. The van der Waals surface area contributed by atoms with Crippen molar-refractivity contribution in [3.05, 3.63) is 155 Å². The van der Waals surface area contributed by atoms with E-state index >= 15 is 0 Å². The highest BCUT2D eigenvalue weighted by atomic mass is 16.7. The molecule has 15 nitrogen and oxygen atoms in total. The van der Waals surface area contributed by atoms with Crippen LogP contribution in [-0.4, -0.2) is 92.2 Å². The third kappa shape index (κ3) is 9.05. The average molecular weight is 763 g/mol. The summed E-state index contributed by atoms with van der Waals surface area (Å²) in [7, 11) is 0. The molecule has 2 aliphatic rings. The van der Waals surface area contributed by atoms with Gasteiger partial charge >= 0.3 is 24.0 Å². The lowest BCUT2D eigenvalue weighted by Gasteiger charge is -2.43. The predicted octanol–water partition coefficient (Wildman–Crippen LogP) is 5.49. The second-order valence-electron chi connectivity index (χ2n) is 12.7. The van der Waals surface area contributed by atoms with E-state index in [2.05, 4.69) is 21.9 Å². The number of nitrogens with zero attached hydrogens (tertiary/aromatic N) is 3. The maximum Gasteiger partial charge on any atom is 0.407 e. The van der Waals surface area contributed by atoms with Crippen molar-refractivity contribution < 1.29 is 52.7 Å². The van der Waals surface area contributed by atoms with Crippen LogP contribution >= 0.6 is 0 Å². The summed E-state index contributed by atoms with van der Waals surface area (Å²) < 4.78 is 34.3. The Kier molecular flexibility index (Phi) is 13.1. The van der Waals surface area contributed by atoms with Crippen molar-refractivity contribution in [1.82, 2.24) is 5.32 Å². The van der Waals surface area contributed by atoms with Gasteiger partial charge in [0.25, 0.3) is 0 Å². The minimum absolute atomic E-state index is 0.0461. The average Bonchev–Trinajstić information content (AvgIpc) is 3.56. The van der Waals surface area contributed by atoms with E-state index in [-0.39, 0.29) is 30.3 Å². The van der Waals surface area contributed by atoms with Crippen LogP contribution < -0.4 is 5.32 Å². The molecule has 0 aromatic heterocycles. The normalized spacial score (nSPS) is 20.2. The minimum atomic E-state index is -1.61. The highest BCUT2D eigenvalue weighted by Gasteiger charge is 2.51. The summed E-state index contributed by atoms with van der Waals surface area (Å²) >= 11 is 0. The van der Waals surface area contributed by atoms with E-state index in [0.717, 1.165) is 22.3 Å². The smallest absolute Gasteiger partial charge is 0.407 e. The zero-order valence-electron chi connectivity index (χ0n) is 29.9. The Bertz CT molecular complexity index is 2030. The van der Waals surface area contributed by atoms with Gasteiger partial charge in [-0.25, -0.2) is 19.2 Å². The second-order valence-corrected chi connectivity index (χ2v) is 12.7. The third-order valence-corrected chi connectivity index (χ3v) is 9.18. The molecule has 4 aromatic rings. The van der Waals surface area contributed by atoms with Crippen LogP contribution in [0.2, 0.25) is 0 Å². The fourth-order valence-corrected chi connectivity index (χ4v) is 6.55. The number of fused-ring (bicyclic) bond motifs is 3. The molecule has 4 aromatic carbocycles. The van der Waals surface area contributed by atoms with Crippen LogP contribution in [0.5, 0.6) is 0 Å². The van der Waals surface area contributed by atoms with Crippen LogP contribution in [0.15, 0.2) is 127 Å². The first-order chi connectivity index (χ1) is 27.3. The van der Waals surface area contributed by atoms with Gasteiger partial charge in [0.2, 0.25) is 0 Å². The van der Waals surface area contributed by atoms with Crippen LogP contribution in [0.25, 0.3) is 21.6 Å². The van der Waals surface area contributed by atoms with E-state index < -0.39 is 73.9 Å². The van der Waals surface area contributed by atoms with E-state index in [9.17, 15) is 29.8 Å². The lowest BCUT2D eigenvalue weighted by atomic mass is 9.96. The van der Waals surface area contributed by atoms with Crippen LogP contribution in [0.4, 0.5) is 4.79 Å². The molecule has 6 rings (SSSR count). The quantitative estimate of drug-likeness (QED) is 0.0387. The van der Waals surface area contributed by atoms with Gasteiger partial charge in [-0.15, -0.1) is 0 Å². The molecule has 56 heavy (non-hydrogen) atoms. The fourth-order valence-electron chi connectivity index (χ4n) is 6.55. The molecule has 6 atom stereocenters. The molecule has 6 unspecified atom stereocenters. The number of amides is 1. The fraction of sp³-hybridized carbons (Fsp3) is 0.268. The Hall–Kier alpha value is -6.51. The van der Waals surface area contributed by atoms with Crippen molar-refractivity contribution in [2.45, 2.75) is 42.6 Å². The topological polar surface area (TPSA) is 205 Å². The zero-order valence-corrected chi connectivity index (χ0v) is 29.9. The van der Waals surface area contributed by atoms with Gasteiger partial charge < -0.3 is 38.8 Å². The van der Waals surface area contributed by atoms with E-state index in [4.69, 9.17) is 28.4 Å². The summed E-state index contributed by atoms with van der Waals surface area (Å²) in [6, 6.07) is 28.4. The Morgan fingerprint density at radius 3 is 1.93 bits per heavy atom. The van der Waals surface area contributed by atoms with E-state index in [0.29, 0.717) is 0 Å². The number of alkyl carbamates (subject to hydrolysis) is 1. The maximum absolute atomic E-state index is 13.4. The molecule has 15 heteroatoms. The number of nitrogens with one attached hydrogen (secondary N) is 1. The first-order valence-electron chi connectivity index (χ1n) is 17.7. The summed E-state index contributed by atoms with van der Waals surface area (Å²) in [6.45, 7) is 1.91. The van der Waals surface area contributed by atoms with Crippen LogP contribution in [0.3, 0.4) is 0 Å². The third-order valence-electron chi connectivity index (χ3n) is 9.18. The Morgan fingerprint density at radius 2 is 1.38 bits per heavy atom. The summed E-state index contributed by atoms with van der Waals surface area (Å²) in [4.78, 5) is 55.9. The molecule has 2 N–H and O–H groups in total. The molecule has 1 amide bonds. The summed E-state index contributed by atoms with van der Waals surface area (Å²) in [5.41, 5.74) is 13.9. The standard InChI is InChI=1S/C41H38N4O11/c1-2-21-51-39(49)32(43-41(50)53-23-31-29-19-11-9-17-27(29)28-18-10-12-20-30(28)31)24-52-40-34(44-45-42)36(56-38(48)26-15-7-4-8-16-26)35(33(22-46)54-40)55-37(47)25-13-5-3-6-14-25/h2-20,31-36,40,46H,1,21-24H2,(H,43,50). The van der Waals surface area contributed by atoms with Gasteiger partial charge in [-0.3, -0.25) is 0 Å². The summed E-state index contributed by atoms with van der Waals surface area (Å²) in [6.07, 6.45) is -5.68. The SMILES string of the molecule is C=CCOC(=O)C(COC1OC(CO)C(OC(=O)c2ccccc2)C(OC(=O)c2ccccc2)C1N=[N+]=[N-])NC(=O)OCC1c2ccccc2-c2ccccc21. The first-order valence-corrected chi connectivity index (χ1v) is 17.7. The molecular weight excluding hydrogens is 724 g/mol. The molecule has 0 radical (unpaired) electrons. The monoisotopic (exact) mass is 762 g/mol. The Morgan fingerprint density at radius 1 is 0.821 bits per heavy atom. The van der Waals surface area contributed by atoms with Crippen molar-refractivity contribution in [3.8, 4) is 11.1 Å². The number of carbonyl (C=O) groups excluding carboxylic acids is 4. The Labute approximate surface area is 321 Å². The number of hydrogen-bond donors (Lipinski definition) is 2. The van der Waals surface area contributed by atoms with Gasteiger partial charge in [0.15, 0.2) is 24.5 Å². The van der Waals surface area contributed by atoms with Crippen LogP contribution in [-0.2, 0) is 33.2 Å². The lowest BCUT2D eigenvalue weighted by Crippen LogP contribution is -2.61. The van der Waals surface area contributed by atoms with Gasteiger partial charge in [-0.05, 0) is 52.1 Å². The van der Waals surface area contributed by atoms with E-state index in [1.807, 2.05) is 48.5 Å². The number of rotatable bonds is 15. The second kappa shape index (κ2) is 18.7. The number of carbonyl (C=O) groups is 4. The molecule has 1 aliphatic heterocycles. The molecule has 1 saturated heterocycles. The highest BCUT2D eigenvalue weighted by molar-refractivity contribution is 5.90. The zero-order chi connectivity index (χ0) is 39.4. The largest absolute Gasteiger partial charge is 0.460 e. The number of ether oxygens (including phenoxy) is 6. The molecule has 0 saturated carbocycles. The van der Waals surface area contributed by atoms with Crippen LogP contribution in [0.1, 0.15) is 37.8 Å². The van der Waals surface area contributed by atoms with E-state index in [1.165, 1.54) is 30.3 Å². The van der Waals surface area contributed by atoms with Gasteiger partial charge in [0, 0.05) is 10.8 Å². The molecule has 0 bridgehead atoms. The number of azide groups is 1. The van der Waals surface area contributed by atoms with Crippen molar-refractivity contribution in [2.24, 2.45) is 5.11 Å². The highest BCUT2D eigenvalue weighted by Crippen LogP contribution is 2.44. The molecule has 1 aliphatic carbocycles. The molecule has 1 heterocycles. The Balaban J connectivity index is 1.21. The van der Waals surface area contributed by atoms with Gasteiger partial charge in [-0.1, -0.05) is 103 Å².